The van der Waals surface area contributed by atoms with Gasteiger partial charge in [0.25, 0.3) is 5.92 Å². The van der Waals surface area contributed by atoms with Gasteiger partial charge >= 0.3 is 0 Å². The highest BCUT2D eigenvalue weighted by molar-refractivity contribution is 5.43. The van der Waals surface area contributed by atoms with E-state index in [1.807, 2.05) is 0 Å². The van der Waals surface area contributed by atoms with Crippen LogP contribution in [0.3, 0.4) is 0 Å². The first-order valence-electron chi connectivity index (χ1n) is 4.05. The number of nitrogens with zero attached hydrogens (tertiary/aromatic N) is 2. The van der Waals surface area contributed by atoms with Crippen molar-refractivity contribution in [1.82, 2.24) is 4.98 Å². The smallest absolute Gasteiger partial charge is 0.282 e. The molecule has 1 aromatic rings. The van der Waals surface area contributed by atoms with Crippen LogP contribution in [0.25, 0.3) is 0 Å². The number of aryl methyl sites for hydroxylation is 1. The van der Waals surface area contributed by atoms with Crippen LogP contribution in [0.2, 0.25) is 0 Å². The van der Waals surface area contributed by atoms with Gasteiger partial charge in [-0.1, -0.05) is 0 Å². The Morgan fingerprint density at radius 3 is 2.77 bits per heavy atom. The minimum absolute atomic E-state index is 0.219. The summed E-state index contributed by atoms with van der Waals surface area (Å²) >= 11 is 0. The molecule has 0 saturated carbocycles. The molecule has 1 fully saturated rings. The van der Waals surface area contributed by atoms with Gasteiger partial charge in [0.15, 0.2) is 0 Å². The minimum atomic E-state index is -2.53. The number of pyridine rings is 1. The molecule has 1 radical (unpaired) electrons. The predicted octanol–water partition coefficient (Wildman–Crippen LogP) is 1.65. The van der Waals surface area contributed by atoms with E-state index in [-0.39, 0.29) is 13.1 Å². The molecular formula is C9H9F2N2. The molecular weight excluding hydrogens is 174 g/mol. The van der Waals surface area contributed by atoms with Gasteiger partial charge in [-0.15, -0.1) is 0 Å². The minimum Gasteiger partial charge on any atom is -0.344 e. The second-order valence-electron chi connectivity index (χ2n) is 3.25. The average Bonchev–Trinajstić information content (AvgIpc) is 2.00. The maximum absolute atomic E-state index is 12.5. The molecule has 2 heterocycles. The Morgan fingerprint density at radius 2 is 2.23 bits per heavy atom. The van der Waals surface area contributed by atoms with Crippen LogP contribution in [-0.2, 0) is 0 Å². The molecule has 0 aliphatic carbocycles. The zero-order valence-corrected chi connectivity index (χ0v) is 7.22. The summed E-state index contributed by atoms with van der Waals surface area (Å²) < 4.78 is 25.0. The van der Waals surface area contributed by atoms with Gasteiger partial charge in [0.2, 0.25) is 0 Å². The molecule has 0 spiro atoms. The Balaban J connectivity index is 2.11. The van der Waals surface area contributed by atoms with E-state index in [0.717, 1.165) is 5.69 Å². The van der Waals surface area contributed by atoms with E-state index >= 15 is 0 Å². The largest absolute Gasteiger partial charge is 0.344 e. The summed E-state index contributed by atoms with van der Waals surface area (Å²) in [6.07, 6.45) is 0. The second-order valence-corrected chi connectivity index (χ2v) is 3.25. The van der Waals surface area contributed by atoms with Crippen LogP contribution in [-0.4, -0.2) is 24.0 Å². The van der Waals surface area contributed by atoms with Crippen molar-refractivity contribution in [2.75, 3.05) is 18.0 Å². The van der Waals surface area contributed by atoms with E-state index in [9.17, 15) is 8.78 Å². The van der Waals surface area contributed by atoms with Crippen LogP contribution in [0, 0.1) is 13.0 Å². The van der Waals surface area contributed by atoms with Crippen molar-refractivity contribution in [1.29, 1.82) is 0 Å². The lowest BCUT2D eigenvalue weighted by Gasteiger charge is -2.39. The lowest BCUT2D eigenvalue weighted by Crippen LogP contribution is -2.56. The van der Waals surface area contributed by atoms with E-state index in [4.69, 9.17) is 0 Å². The van der Waals surface area contributed by atoms with Gasteiger partial charge in [0.1, 0.15) is 5.82 Å². The van der Waals surface area contributed by atoms with E-state index in [0.29, 0.717) is 5.82 Å². The van der Waals surface area contributed by atoms with Crippen LogP contribution in [0.1, 0.15) is 5.69 Å². The summed E-state index contributed by atoms with van der Waals surface area (Å²) in [6, 6.07) is 6.27. The quantitative estimate of drug-likeness (QED) is 0.658. The molecule has 0 amide bonds. The van der Waals surface area contributed by atoms with Gasteiger partial charge in [-0.2, -0.15) is 0 Å². The zero-order chi connectivity index (χ0) is 9.47. The van der Waals surface area contributed by atoms with Crippen molar-refractivity contribution in [3.63, 3.8) is 0 Å². The number of aromatic nitrogens is 1. The number of halogens is 2. The third kappa shape index (κ3) is 1.61. The summed E-state index contributed by atoms with van der Waals surface area (Å²) in [7, 11) is 0. The van der Waals surface area contributed by atoms with Gasteiger partial charge in [0, 0.05) is 11.8 Å². The molecule has 2 rings (SSSR count). The monoisotopic (exact) mass is 183 g/mol. The molecule has 1 aliphatic rings. The van der Waals surface area contributed by atoms with E-state index < -0.39 is 5.92 Å². The Hall–Kier alpha value is -1.19. The van der Waals surface area contributed by atoms with Crippen LogP contribution in [0.15, 0.2) is 12.1 Å². The molecule has 13 heavy (non-hydrogen) atoms. The number of anilines is 1. The molecule has 1 aliphatic heterocycles. The number of alkyl halides is 2. The fourth-order valence-electron chi connectivity index (χ4n) is 1.33. The van der Waals surface area contributed by atoms with Crippen molar-refractivity contribution in [3.8, 4) is 0 Å². The highest BCUT2D eigenvalue weighted by Crippen LogP contribution is 2.30. The van der Waals surface area contributed by atoms with Gasteiger partial charge in [-0.05, 0) is 19.1 Å². The van der Waals surface area contributed by atoms with Crippen LogP contribution in [0.5, 0.6) is 0 Å². The molecule has 0 aromatic carbocycles. The van der Waals surface area contributed by atoms with Crippen LogP contribution < -0.4 is 4.90 Å². The van der Waals surface area contributed by atoms with Crippen LogP contribution in [0.4, 0.5) is 14.6 Å². The maximum Gasteiger partial charge on any atom is 0.282 e. The Kier molecular flexibility index (Phi) is 1.71. The molecule has 69 valence electrons. The first-order valence-corrected chi connectivity index (χ1v) is 4.05. The van der Waals surface area contributed by atoms with E-state index in [1.165, 1.54) is 0 Å². The number of hydrogen-bond acceptors (Lipinski definition) is 2. The topological polar surface area (TPSA) is 16.1 Å². The number of rotatable bonds is 1. The lowest BCUT2D eigenvalue weighted by molar-refractivity contribution is -0.0267. The zero-order valence-electron chi connectivity index (χ0n) is 7.22. The van der Waals surface area contributed by atoms with Crippen molar-refractivity contribution < 1.29 is 8.78 Å². The summed E-state index contributed by atoms with van der Waals surface area (Å²) in [4.78, 5) is 5.65. The summed E-state index contributed by atoms with van der Waals surface area (Å²) in [5.74, 6) is -1.92. The Bertz CT molecular complexity index is 317. The molecule has 0 bridgehead atoms. The van der Waals surface area contributed by atoms with E-state index in [2.05, 4.69) is 11.1 Å². The second kappa shape index (κ2) is 2.65. The summed E-state index contributed by atoms with van der Waals surface area (Å²) in [5, 5.41) is 0. The predicted molar refractivity (Wildman–Crippen MR) is 45.0 cm³/mol. The highest BCUT2D eigenvalue weighted by Gasteiger charge is 2.44. The normalized spacial score (nSPS) is 19.8. The van der Waals surface area contributed by atoms with E-state index in [1.54, 1.807) is 24.0 Å². The average molecular weight is 183 g/mol. The van der Waals surface area contributed by atoms with Crippen molar-refractivity contribution in [2.24, 2.45) is 0 Å². The fraction of sp³-hybridized carbons (Fsp3) is 0.444. The van der Waals surface area contributed by atoms with Gasteiger partial charge in [-0.25, -0.2) is 13.8 Å². The first-order chi connectivity index (χ1) is 6.07. The third-order valence-corrected chi connectivity index (χ3v) is 1.98. The fourth-order valence-corrected chi connectivity index (χ4v) is 1.33. The van der Waals surface area contributed by atoms with Crippen molar-refractivity contribution in [2.45, 2.75) is 12.8 Å². The molecule has 2 nitrogen and oxygen atoms in total. The molecule has 0 unspecified atom stereocenters. The highest BCUT2D eigenvalue weighted by atomic mass is 19.3. The SMILES string of the molecule is Cc1[c]ccc(N2CC(F)(F)C2)n1. The van der Waals surface area contributed by atoms with Gasteiger partial charge in [0.05, 0.1) is 13.1 Å². The van der Waals surface area contributed by atoms with Gasteiger partial charge < -0.3 is 4.90 Å². The molecule has 0 atom stereocenters. The number of hydrogen-bond donors (Lipinski definition) is 0. The van der Waals surface area contributed by atoms with Gasteiger partial charge in [-0.3, -0.25) is 0 Å². The molecule has 1 aromatic heterocycles. The molecule has 0 N–H and O–H groups in total. The Morgan fingerprint density at radius 1 is 1.54 bits per heavy atom. The molecule has 4 heteroatoms. The van der Waals surface area contributed by atoms with Crippen LogP contribution >= 0.6 is 0 Å². The summed E-state index contributed by atoms with van der Waals surface area (Å²) in [5.41, 5.74) is 0.729. The molecule has 1 saturated heterocycles. The first kappa shape index (κ1) is 8.41. The maximum atomic E-state index is 12.5. The lowest BCUT2D eigenvalue weighted by atomic mass is 10.1. The third-order valence-electron chi connectivity index (χ3n) is 1.98. The standard InChI is InChI=1S/C9H9F2N2/c1-7-3-2-4-8(12-7)13-5-9(10,11)6-13/h2,4H,5-6H2,1H3. The summed E-state index contributed by atoms with van der Waals surface area (Å²) in [6.45, 7) is 1.36. The van der Waals surface area contributed by atoms with Crippen molar-refractivity contribution in [3.05, 3.63) is 23.9 Å². The van der Waals surface area contributed by atoms with Crippen molar-refractivity contribution >= 4 is 5.82 Å². The Labute approximate surface area is 75.2 Å².